The minimum absolute atomic E-state index is 0.0390. The van der Waals surface area contributed by atoms with Crippen LogP contribution in [0, 0.1) is 18.3 Å². The van der Waals surface area contributed by atoms with Gasteiger partial charge in [-0.15, -0.1) is 0 Å². The van der Waals surface area contributed by atoms with E-state index in [4.69, 9.17) is 4.98 Å². The number of halogens is 3. The van der Waals surface area contributed by atoms with Gasteiger partial charge in [0.25, 0.3) is 5.56 Å². The Morgan fingerprint density at radius 2 is 1.87 bits per heavy atom. The van der Waals surface area contributed by atoms with Crippen molar-refractivity contribution in [2.75, 3.05) is 49.6 Å². The standard InChI is InChI=1S/C31H36F3N9O2/c1-7-24(44)42-14-13-40(16-20(42)11-12-35)27-22-15-36-43(23-10-8-9-19(2)25(23)31(32,33)34)28(45)26(22)37-29(38-27)41-17-21(18-41)39(6)30(3,4)5/h7-10,15,20-21H,1,11,13-14,16-18H2,2-6H3. The number of piperazine rings is 1. The third-order valence-corrected chi connectivity index (χ3v) is 8.69. The predicted molar refractivity (Wildman–Crippen MR) is 164 cm³/mol. The van der Waals surface area contributed by atoms with Crippen LogP contribution in [0.4, 0.5) is 24.9 Å². The molecule has 5 rings (SSSR count). The maximum Gasteiger partial charge on any atom is 0.418 e. The maximum absolute atomic E-state index is 14.1. The first kappa shape index (κ1) is 31.9. The number of fused-ring (bicyclic) bond motifs is 1. The fourth-order valence-electron chi connectivity index (χ4n) is 5.89. The molecule has 0 radical (unpaired) electrons. The monoisotopic (exact) mass is 623 g/mol. The summed E-state index contributed by atoms with van der Waals surface area (Å²) in [7, 11) is 2.04. The second kappa shape index (κ2) is 11.8. The van der Waals surface area contributed by atoms with Gasteiger partial charge in [0.2, 0.25) is 11.9 Å². The zero-order valence-corrected chi connectivity index (χ0v) is 26.0. The van der Waals surface area contributed by atoms with Crippen LogP contribution in [0.15, 0.2) is 41.8 Å². The van der Waals surface area contributed by atoms with Gasteiger partial charge < -0.3 is 14.7 Å². The molecule has 2 fully saturated rings. The number of aryl methyl sites for hydroxylation is 1. The van der Waals surface area contributed by atoms with Gasteiger partial charge in [-0.25, -0.2) is 4.98 Å². The summed E-state index contributed by atoms with van der Waals surface area (Å²) in [5.41, 5.74) is -2.35. The predicted octanol–water partition coefficient (Wildman–Crippen LogP) is 3.54. The molecule has 14 heteroatoms. The zero-order valence-electron chi connectivity index (χ0n) is 26.0. The van der Waals surface area contributed by atoms with Crippen molar-refractivity contribution in [1.29, 1.82) is 5.26 Å². The molecule has 2 saturated heterocycles. The Bertz CT molecular complexity index is 1740. The molecule has 1 unspecified atom stereocenters. The van der Waals surface area contributed by atoms with Gasteiger partial charge in [-0.05, 0) is 52.4 Å². The topological polar surface area (TPSA) is 114 Å². The number of hydrogen-bond donors (Lipinski definition) is 0. The van der Waals surface area contributed by atoms with E-state index in [2.05, 4.69) is 48.4 Å². The number of benzene rings is 1. The Morgan fingerprint density at radius 1 is 1.16 bits per heavy atom. The molecular weight excluding hydrogens is 587 g/mol. The molecule has 4 heterocycles. The fourth-order valence-corrected chi connectivity index (χ4v) is 5.89. The number of anilines is 2. The lowest BCUT2D eigenvalue weighted by molar-refractivity contribution is -0.138. The zero-order chi connectivity index (χ0) is 32.8. The van der Waals surface area contributed by atoms with E-state index in [9.17, 15) is 28.0 Å². The number of carbonyl (C=O) groups is 1. The average Bonchev–Trinajstić information content (AvgIpc) is 2.95. The number of carbonyl (C=O) groups excluding carboxylic acids is 1. The summed E-state index contributed by atoms with van der Waals surface area (Å²) in [6.45, 7) is 13.3. The van der Waals surface area contributed by atoms with Crippen LogP contribution in [-0.4, -0.2) is 92.8 Å². The SMILES string of the molecule is C=CC(=O)N1CCN(c2nc(N3CC(N(C)C(C)(C)C)C3)nc3c(=O)n(-c4cccc(C)c4C(F)(F)F)ncc23)CC1CC#N. The molecule has 1 aromatic carbocycles. The minimum atomic E-state index is -4.72. The second-order valence-electron chi connectivity index (χ2n) is 12.5. The molecule has 0 spiro atoms. The molecule has 0 saturated carbocycles. The first-order chi connectivity index (χ1) is 21.1. The van der Waals surface area contributed by atoms with Gasteiger partial charge in [0, 0.05) is 44.3 Å². The van der Waals surface area contributed by atoms with Gasteiger partial charge in [-0.3, -0.25) is 14.5 Å². The molecule has 2 aliphatic heterocycles. The van der Waals surface area contributed by atoms with Gasteiger partial charge in [-0.1, -0.05) is 18.7 Å². The number of likely N-dealkylation sites (N-methyl/N-ethyl adjacent to an activating group) is 1. The molecule has 1 amide bonds. The van der Waals surface area contributed by atoms with Gasteiger partial charge in [0.1, 0.15) is 11.3 Å². The van der Waals surface area contributed by atoms with E-state index in [1.54, 1.807) is 4.90 Å². The lowest BCUT2D eigenvalue weighted by Gasteiger charge is -2.49. The van der Waals surface area contributed by atoms with Crippen molar-refractivity contribution < 1.29 is 18.0 Å². The van der Waals surface area contributed by atoms with E-state index in [0.29, 0.717) is 25.5 Å². The Labute approximate surface area is 259 Å². The highest BCUT2D eigenvalue weighted by molar-refractivity contribution is 5.90. The molecule has 0 aliphatic carbocycles. The number of aromatic nitrogens is 4. The fraction of sp³-hybridized carbons (Fsp3) is 0.484. The second-order valence-corrected chi connectivity index (χ2v) is 12.5. The quantitative estimate of drug-likeness (QED) is 0.381. The number of hydrogen-bond acceptors (Lipinski definition) is 9. The van der Waals surface area contributed by atoms with Crippen LogP contribution in [0.5, 0.6) is 0 Å². The summed E-state index contributed by atoms with van der Waals surface area (Å²) in [6.07, 6.45) is -2.13. The third-order valence-electron chi connectivity index (χ3n) is 8.69. The number of rotatable bonds is 6. The van der Waals surface area contributed by atoms with Crippen molar-refractivity contribution in [3.05, 3.63) is 58.5 Å². The molecule has 0 bridgehead atoms. The minimum Gasteiger partial charge on any atom is -0.352 e. The van der Waals surface area contributed by atoms with E-state index in [-0.39, 0.29) is 59.4 Å². The average molecular weight is 624 g/mol. The van der Waals surface area contributed by atoms with Crippen molar-refractivity contribution in [3.63, 3.8) is 0 Å². The van der Waals surface area contributed by atoms with E-state index in [1.807, 2.05) is 16.8 Å². The molecule has 0 N–H and O–H groups in total. The highest BCUT2D eigenvalue weighted by atomic mass is 19.4. The molecule has 11 nitrogen and oxygen atoms in total. The number of alkyl halides is 3. The lowest BCUT2D eigenvalue weighted by atomic mass is 10.00. The van der Waals surface area contributed by atoms with Crippen LogP contribution in [0.25, 0.3) is 16.6 Å². The Hall–Kier alpha value is -4.51. The number of nitrogens with zero attached hydrogens (tertiary/aromatic N) is 9. The molecule has 3 aromatic rings. The summed E-state index contributed by atoms with van der Waals surface area (Å²) in [4.78, 5) is 43.6. The molecule has 2 aliphatic rings. The van der Waals surface area contributed by atoms with Crippen LogP contribution >= 0.6 is 0 Å². The van der Waals surface area contributed by atoms with Gasteiger partial charge in [0.15, 0.2) is 0 Å². The van der Waals surface area contributed by atoms with Crippen LogP contribution < -0.4 is 15.4 Å². The highest BCUT2D eigenvalue weighted by Crippen LogP contribution is 2.36. The van der Waals surface area contributed by atoms with Gasteiger partial charge in [-0.2, -0.15) is 33.2 Å². The van der Waals surface area contributed by atoms with Crippen molar-refractivity contribution in [1.82, 2.24) is 29.5 Å². The van der Waals surface area contributed by atoms with E-state index in [1.165, 1.54) is 37.4 Å². The van der Waals surface area contributed by atoms with Crippen LogP contribution in [-0.2, 0) is 11.0 Å². The normalized spacial score (nSPS) is 17.9. The van der Waals surface area contributed by atoms with Crippen LogP contribution in [0.1, 0.15) is 38.3 Å². The van der Waals surface area contributed by atoms with E-state index in [0.717, 1.165) is 4.68 Å². The Morgan fingerprint density at radius 3 is 2.49 bits per heavy atom. The molecule has 45 heavy (non-hydrogen) atoms. The lowest BCUT2D eigenvalue weighted by Crippen LogP contribution is -2.63. The third kappa shape index (κ3) is 5.96. The maximum atomic E-state index is 14.1. The first-order valence-corrected chi connectivity index (χ1v) is 14.7. The summed E-state index contributed by atoms with van der Waals surface area (Å²) in [5, 5.41) is 13.9. The van der Waals surface area contributed by atoms with Gasteiger partial charge >= 0.3 is 6.18 Å². The first-order valence-electron chi connectivity index (χ1n) is 14.7. The van der Waals surface area contributed by atoms with Gasteiger partial charge in [0.05, 0.1) is 41.4 Å². The van der Waals surface area contributed by atoms with E-state index < -0.39 is 29.0 Å². The Kier molecular flexibility index (Phi) is 8.35. The Balaban J connectivity index is 1.64. The molecule has 1 atom stereocenters. The summed E-state index contributed by atoms with van der Waals surface area (Å²) in [6, 6.07) is 5.86. The van der Waals surface area contributed by atoms with Crippen molar-refractivity contribution in [2.24, 2.45) is 0 Å². The van der Waals surface area contributed by atoms with Crippen molar-refractivity contribution >= 4 is 28.6 Å². The van der Waals surface area contributed by atoms with Crippen LogP contribution in [0.2, 0.25) is 0 Å². The number of nitriles is 1. The summed E-state index contributed by atoms with van der Waals surface area (Å²) in [5.74, 6) is 0.349. The smallest absolute Gasteiger partial charge is 0.352 e. The van der Waals surface area contributed by atoms with Crippen molar-refractivity contribution in [3.8, 4) is 11.8 Å². The molecule has 2 aromatic heterocycles. The molecule has 238 valence electrons. The van der Waals surface area contributed by atoms with Crippen LogP contribution in [0.3, 0.4) is 0 Å². The largest absolute Gasteiger partial charge is 0.418 e. The molecular formula is C31H36F3N9O2. The summed E-state index contributed by atoms with van der Waals surface area (Å²) >= 11 is 0. The van der Waals surface area contributed by atoms with E-state index >= 15 is 0 Å². The summed E-state index contributed by atoms with van der Waals surface area (Å²) < 4.78 is 43.1. The van der Waals surface area contributed by atoms with Crippen molar-refractivity contribution in [2.45, 2.75) is 57.9 Å². The highest BCUT2D eigenvalue weighted by Gasteiger charge is 2.39. The number of amides is 1.